The van der Waals surface area contributed by atoms with Crippen LogP contribution in [0, 0.1) is 0 Å². The average molecular weight is 1420 g/mol. The highest BCUT2D eigenvalue weighted by molar-refractivity contribution is 8.76. The first kappa shape index (κ1) is 94.3. The molecule has 0 saturated carbocycles. The lowest BCUT2D eigenvalue weighted by Gasteiger charge is -2.34. The van der Waals surface area contributed by atoms with Crippen molar-refractivity contribution in [2.24, 2.45) is 0 Å². The quantitative estimate of drug-likeness (QED) is 0.0235. The molecule has 1 aliphatic rings. The van der Waals surface area contributed by atoms with Gasteiger partial charge in [0.2, 0.25) is 0 Å². The molecule has 0 spiro atoms. The van der Waals surface area contributed by atoms with Gasteiger partial charge in [0.1, 0.15) is 6.61 Å². The molecule has 0 radical (unpaired) electrons. The number of hydrogen-bond acceptors (Lipinski definition) is 11. The summed E-state index contributed by atoms with van der Waals surface area (Å²) in [7, 11) is 4.04. The van der Waals surface area contributed by atoms with Gasteiger partial charge in [0.25, 0.3) is 0 Å². The minimum absolute atomic E-state index is 0.120. The van der Waals surface area contributed by atoms with Gasteiger partial charge in [0.05, 0.1) is 18.3 Å². The molecule has 9 nitrogen and oxygen atoms in total. The standard InChI is InChI=1S/C88H158N4O5S2/c1-5-9-13-17-21-25-29-33-37-38-42-46-50-54-58-63-70-91(82-85(93)66-59-55-51-47-43-39-34-30-26-22-18-14-10-6-2)72-65-80-98-99-81-78-90-75-73-89(74-76-90)77-79-97-88(96)69-62-64-71-92(83-86(94)67-60-56-52-48-44-40-35-31-27-23-19-15-11-7-3)84-87(95)68-61-57-53-49-45-41-36-32-28-24-20-16-12-8-4/h11-12,15-16,21-28,33-37,39-41,85-87,93-95H,5-10,13-14,17-20,29-32,38,42-84H2,1-4H3/b15-11-,16-12-,25-21-,26-22-,27-23-,28-24-,37-33-,39-34-,40-35-,41-36-. The third-order valence-electron chi connectivity index (χ3n) is 18.7. The third-order valence-corrected chi connectivity index (χ3v) is 21.2. The van der Waals surface area contributed by atoms with Gasteiger partial charge < -0.3 is 25.0 Å². The number of piperazine rings is 1. The van der Waals surface area contributed by atoms with Crippen LogP contribution < -0.4 is 0 Å². The Balaban J connectivity index is 2.45. The predicted octanol–water partition coefficient (Wildman–Crippen LogP) is 23.4. The van der Waals surface area contributed by atoms with Gasteiger partial charge in [0, 0.05) is 76.8 Å². The van der Waals surface area contributed by atoms with Gasteiger partial charge in [-0.15, -0.1) is 0 Å². The maximum atomic E-state index is 12.9. The van der Waals surface area contributed by atoms with Gasteiger partial charge in [-0.3, -0.25) is 19.5 Å². The summed E-state index contributed by atoms with van der Waals surface area (Å²) in [5.74, 6) is 2.16. The van der Waals surface area contributed by atoms with Gasteiger partial charge in [-0.05, 0) is 193 Å². The summed E-state index contributed by atoms with van der Waals surface area (Å²) in [6.45, 7) is 20.2. The smallest absolute Gasteiger partial charge is 0.305 e. The molecule has 1 heterocycles. The van der Waals surface area contributed by atoms with Gasteiger partial charge in [0.15, 0.2) is 0 Å². The summed E-state index contributed by atoms with van der Waals surface area (Å²) >= 11 is 0. The van der Waals surface area contributed by atoms with Gasteiger partial charge in [-0.1, -0.05) is 280 Å². The summed E-state index contributed by atoms with van der Waals surface area (Å²) in [5, 5.41) is 33.6. The number of unbranched alkanes of at least 4 members (excludes halogenated alkanes) is 25. The summed E-state index contributed by atoms with van der Waals surface area (Å²) in [6.07, 6.45) is 95.3. The molecule has 1 rings (SSSR count). The Kier molecular flexibility index (Phi) is 74.2. The number of ether oxygens (including phenoxy) is 1. The summed E-state index contributed by atoms with van der Waals surface area (Å²) < 4.78 is 5.77. The molecule has 0 aromatic heterocycles. The van der Waals surface area contributed by atoms with Crippen LogP contribution >= 0.6 is 21.6 Å². The topological polar surface area (TPSA) is 100.0 Å². The average Bonchev–Trinajstić information content (AvgIpc) is 1.36. The van der Waals surface area contributed by atoms with E-state index >= 15 is 0 Å². The van der Waals surface area contributed by atoms with Crippen molar-refractivity contribution in [3.8, 4) is 0 Å². The van der Waals surface area contributed by atoms with Crippen LogP contribution in [0.4, 0.5) is 0 Å². The van der Waals surface area contributed by atoms with Crippen LogP contribution in [0.25, 0.3) is 0 Å². The molecular weight excluding hydrogens is 1260 g/mol. The van der Waals surface area contributed by atoms with Crippen molar-refractivity contribution in [3.63, 3.8) is 0 Å². The molecule has 11 heteroatoms. The molecule has 1 aliphatic heterocycles. The largest absolute Gasteiger partial charge is 0.464 e. The van der Waals surface area contributed by atoms with E-state index in [0.29, 0.717) is 26.1 Å². The molecular formula is C88H158N4O5S2. The lowest BCUT2D eigenvalue weighted by atomic mass is 10.1. The highest BCUT2D eigenvalue weighted by atomic mass is 33.1. The normalized spacial score (nSPS) is 15.0. The second-order valence-corrected chi connectivity index (χ2v) is 30.9. The van der Waals surface area contributed by atoms with Crippen molar-refractivity contribution in [2.45, 2.75) is 335 Å². The van der Waals surface area contributed by atoms with Crippen LogP contribution in [0.2, 0.25) is 0 Å². The van der Waals surface area contributed by atoms with E-state index < -0.39 is 12.2 Å². The summed E-state index contributed by atoms with van der Waals surface area (Å²) in [4.78, 5) is 22.8. The fraction of sp³-hybridized carbons (Fsp3) is 0.761. The van der Waals surface area contributed by atoms with E-state index in [2.05, 4.69) is 169 Å². The van der Waals surface area contributed by atoms with Crippen LogP contribution in [0.15, 0.2) is 122 Å². The molecule has 0 amide bonds. The molecule has 572 valence electrons. The van der Waals surface area contributed by atoms with Crippen molar-refractivity contribution in [1.82, 2.24) is 19.6 Å². The van der Waals surface area contributed by atoms with E-state index in [1.807, 2.05) is 21.6 Å². The van der Waals surface area contributed by atoms with Crippen molar-refractivity contribution < 1.29 is 24.9 Å². The Bertz CT molecular complexity index is 1950. The van der Waals surface area contributed by atoms with E-state index in [4.69, 9.17) is 4.74 Å². The number of hydrogen-bond donors (Lipinski definition) is 3. The van der Waals surface area contributed by atoms with Crippen LogP contribution in [-0.4, -0.2) is 156 Å². The second kappa shape index (κ2) is 77.9. The van der Waals surface area contributed by atoms with Crippen molar-refractivity contribution in [3.05, 3.63) is 122 Å². The molecule has 3 N–H and O–H groups in total. The minimum atomic E-state index is -0.417. The van der Waals surface area contributed by atoms with E-state index in [9.17, 15) is 20.1 Å². The summed E-state index contributed by atoms with van der Waals surface area (Å²) in [5.41, 5.74) is 0. The Morgan fingerprint density at radius 2 is 0.667 bits per heavy atom. The molecule has 0 bridgehead atoms. The first-order valence-corrected chi connectivity index (χ1v) is 44.1. The SMILES string of the molecule is CC/C=C\C/C=C\C/C=C\CCCCCCC(O)CN(CCCCC(=O)OCCN1CCN(CCSSCCCN(CCCCCCCC/C=C\C/C=C\CCCCC)CC(O)CCCCCC/C=C\C/C=C\CCCCC)CC1)CC(O)CCCCCC/C=C\C/C=C\C/C=C\CC. The molecule has 1 saturated heterocycles. The number of aliphatic hydroxyl groups excluding tert-OH is 3. The van der Waals surface area contributed by atoms with Crippen molar-refractivity contribution in [2.75, 3.05) is 96.6 Å². The predicted molar refractivity (Wildman–Crippen MR) is 442 cm³/mol. The Morgan fingerprint density at radius 3 is 1.08 bits per heavy atom. The van der Waals surface area contributed by atoms with E-state index in [0.717, 1.165) is 205 Å². The molecule has 99 heavy (non-hydrogen) atoms. The lowest BCUT2D eigenvalue weighted by Crippen LogP contribution is -2.47. The van der Waals surface area contributed by atoms with Crippen LogP contribution in [0.1, 0.15) is 317 Å². The Labute approximate surface area is 621 Å². The van der Waals surface area contributed by atoms with Crippen LogP contribution in [0.3, 0.4) is 0 Å². The van der Waals surface area contributed by atoms with Crippen molar-refractivity contribution >= 4 is 27.6 Å². The highest BCUT2D eigenvalue weighted by Crippen LogP contribution is 2.23. The molecule has 0 aromatic rings. The first-order valence-electron chi connectivity index (χ1n) is 41.6. The number of allylic oxidation sites excluding steroid dienone is 20. The summed E-state index contributed by atoms with van der Waals surface area (Å²) in [6, 6.07) is 0. The zero-order valence-electron chi connectivity index (χ0n) is 65.0. The number of nitrogens with zero attached hydrogens (tertiary/aromatic N) is 4. The minimum Gasteiger partial charge on any atom is -0.464 e. The number of esters is 1. The number of aliphatic hydroxyl groups is 3. The van der Waals surface area contributed by atoms with Gasteiger partial charge in [-0.25, -0.2) is 0 Å². The molecule has 1 fully saturated rings. The number of carbonyl (C=O) groups excluding carboxylic acids is 1. The van der Waals surface area contributed by atoms with Gasteiger partial charge in [-0.2, -0.15) is 0 Å². The molecule has 3 atom stereocenters. The fourth-order valence-electron chi connectivity index (χ4n) is 12.5. The highest BCUT2D eigenvalue weighted by Gasteiger charge is 2.19. The number of rotatable bonds is 74. The zero-order valence-corrected chi connectivity index (χ0v) is 66.6. The maximum absolute atomic E-state index is 12.9. The Morgan fingerprint density at radius 1 is 0.354 bits per heavy atom. The van der Waals surface area contributed by atoms with Crippen molar-refractivity contribution in [1.29, 1.82) is 0 Å². The van der Waals surface area contributed by atoms with Crippen LogP contribution in [0.5, 0.6) is 0 Å². The monoisotopic (exact) mass is 1420 g/mol. The van der Waals surface area contributed by atoms with E-state index in [1.165, 1.54) is 154 Å². The van der Waals surface area contributed by atoms with E-state index in [1.54, 1.807) is 0 Å². The fourth-order valence-corrected chi connectivity index (χ4v) is 14.6. The maximum Gasteiger partial charge on any atom is 0.305 e. The lowest BCUT2D eigenvalue weighted by molar-refractivity contribution is -0.144. The molecule has 0 aliphatic carbocycles. The van der Waals surface area contributed by atoms with Gasteiger partial charge >= 0.3 is 5.97 Å². The second-order valence-electron chi connectivity index (χ2n) is 28.2. The van der Waals surface area contributed by atoms with Crippen LogP contribution in [-0.2, 0) is 9.53 Å². The third kappa shape index (κ3) is 70.7. The van der Waals surface area contributed by atoms with E-state index in [-0.39, 0.29) is 12.1 Å². The zero-order chi connectivity index (χ0) is 71.3. The number of carbonyl (C=O) groups is 1. The Hall–Kier alpha value is -2.71. The molecule has 0 aromatic carbocycles. The first-order chi connectivity index (χ1) is 48.8. The molecule has 3 unspecified atom stereocenters.